The molecule has 2 aromatic heterocycles. The maximum atomic E-state index is 9.18. The number of benzene rings is 2. The van der Waals surface area contributed by atoms with Crippen LogP contribution < -0.4 is 0 Å². The van der Waals surface area contributed by atoms with Gasteiger partial charge < -0.3 is 5.11 Å². The Hall–Kier alpha value is -2.96. The molecule has 0 saturated carbocycles. The quantitative estimate of drug-likeness (QED) is 0.589. The van der Waals surface area contributed by atoms with Gasteiger partial charge >= 0.3 is 0 Å². The number of para-hydroxylation sites is 1. The first-order valence-corrected chi connectivity index (χ1v) is 8.50. The largest absolute Gasteiger partial charge is 0.390 e. The van der Waals surface area contributed by atoms with Crippen molar-refractivity contribution in [3.63, 3.8) is 0 Å². The Kier molecular flexibility index (Phi) is 4.51. The zero-order valence-electron chi connectivity index (χ0n) is 13.8. The molecule has 0 aliphatic rings. The molecule has 0 bridgehead atoms. The lowest BCUT2D eigenvalue weighted by atomic mass is 10.1. The van der Waals surface area contributed by atoms with Gasteiger partial charge in [-0.25, -0.2) is 9.36 Å². The Morgan fingerprint density at radius 3 is 2.42 bits per heavy atom. The first-order valence-electron chi connectivity index (χ1n) is 8.13. The Morgan fingerprint density at radius 2 is 1.73 bits per heavy atom. The van der Waals surface area contributed by atoms with E-state index in [-0.39, 0.29) is 6.61 Å². The number of aliphatic hydroxyl groups is 1. The van der Waals surface area contributed by atoms with Crippen molar-refractivity contribution in [3.8, 4) is 16.9 Å². The fourth-order valence-corrected chi connectivity index (χ4v) is 2.88. The molecule has 0 aliphatic heterocycles. The van der Waals surface area contributed by atoms with E-state index in [4.69, 9.17) is 16.7 Å². The standard InChI is InChI=1S/C19H16ClN5O/c20-16-8-6-14(7-9-16)19-15(10-24-12-17(13-26)21-23-24)11-25(22-19)18-4-2-1-3-5-18/h1-9,11-12,26H,10,13H2. The minimum absolute atomic E-state index is 0.132. The van der Waals surface area contributed by atoms with Crippen LogP contribution in [0.15, 0.2) is 67.0 Å². The molecule has 130 valence electrons. The van der Waals surface area contributed by atoms with Gasteiger partial charge in [0.2, 0.25) is 0 Å². The van der Waals surface area contributed by atoms with E-state index in [1.54, 1.807) is 10.9 Å². The van der Waals surface area contributed by atoms with Crippen LogP contribution in [0.25, 0.3) is 16.9 Å². The van der Waals surface area contributed by atoms with Crippen molar-refractivity contribution < 1.29 is 5.11 Å². The molecule has 0 radical (unpaired) electrons. The summed E-state index contributed by atoms with van der Waals surface area (Å²) in [7, 11) is 0. The summed E-state index contributed by atoms with van der Waals surface area (Å²) in [6.07, 6.45) is 3.71. The normalized spacial score (nSPS) is 11.0. The fraction of sp³-hybridized carbons (Fsp3) is 0.105. The molecule has 0 aliphatic carbocycles. The van der Waals surface area contributed by atoms with Crippen molar-refractivity contribution >= 4 is 11.6 Å². The number of aliphatic hydroxyl groups excluding tert-OH is 1. The zero-order valence-corrected chi connectivity index (χ0v) is 14.6. The minimum Gasteiger partial charge on any atom is -0.390 e. The summed E-state index contributed by atoms with van der Waals surface area (Å²) in [6, 6.07) is 17.5. The number of aromatic nitrogens is 5. The lowest BCUT2D eigenvalue weighted by Crippen LogP contribution is -2.01. The SMILES string of the molecule is OCc1cn(Cc2cn(-c3ccccc3)nc2-c2ccc(Cl)cc2)nn1. The van der Waals surface area contributed by atoms with Gasteiger partial charge in [-0.1, -0.05) is 47.1 Å². The zero-order chi connectivity index (χ0) is 17.9. The molecule has 0 atom stereocenters. The van der Waals surface area contributed by atoms with Crippen LogP contribution in [0.1, 0.15) is 11.3 Å². The second-order valence-electron chi connectivity index (χ2n) is 5.86. The molecule has 0 saturated heterocycles. The van der Waals surface area contributed by atoms with Crippen molar-refractivity contribution in [1.82, 2.24) is 24.8 Å². The molecule has 6 nitrogen and oxygen atoms in total. The Bertz CT molecular complexity index is 1010. The highest BCUT2D eigenvalue weighted by molar-refractivity contribution is 6.30. The Morgan fingerprint density at radius 1 is 0.962 bits per heavy atom. The molecular formula is C19H16ClN5O. The summed E-state index contributed by atoms with van der Waals surface area (Å²) < 4.78 is 3.54. The number of rotatable bonds is 5. The summed E-state index contributed by atoms with van der Waals surface area (Å²) in [5, 5.41) is 22.6. The summed E-state index contributed by atoms with van der Waals surface area (Å²) in [4.78, 5) is 0. The molecule has 7 heteroatoms. The predicted molar refractivity (Wildman–Crippen MR) is 99.1 cm³/mol. The van der Waals surface area contributed by atoms with Crippen LogP contribution in [0, 0.1) is 0 Å². The summed E-state index contributed by atoms with van der Waals surface area (Å²) in [5.41, 5.74) is 4.33. The first-order chi connectivity index (χ1) is 12.7. The van der Waals surface area contributed by atoms with E-state index in [1.807, 2.05) is 65.5 Å². The van der Waals surface area contributed by atoms with Gasteiger partial charge in [0.1, 0.15) is 5.69 Å². The van der Waals surface area contributed by atoms with Crippen molar-refractivity contribution in [3.05, 3.63) is 83.3 Å². The Labute approximate surface area is 155 Å². The van der Waals surface area contributed by atoms with Crippen LogP contribution in [0.4, 0.5) is 0 Å². The molecule has 4 rings (SSSR count). The van der Waals surface area contributed by atoms with Gasteiger partial charge in [0.15, 0.2) is 0 Å². The second kappa shape index (κ2) is 7.11. The van der Waals surface area contributed by atoms with Crippen LogP contribution in [0.5, 0.6) is 0 Å². The van der Waals surface area contributed by atoms with Crippen molar-refractivity contribution in [2.24, 2.45) is 0 Å². The maximum absolute atomic E-state index is 9.18. The summed E-state index contributed by atoms with van der Waals surface area (Å²) >= 11 is 6.02. The van der Waals surface area contributed by atoms with Gasteiger partial charge in [0.25, 0.3) is 0 Å². The number of nitrogens with zero attached hydrogens (tertiary/aromatic N) is 5. The molecule has 4 aromatic rings. The highest BCUT2D eigenvalue weighted by Crippen LogP contribution is 2.25. The fourth-order valence-electron chi connectivity index (χ4n) is 2.75. The van der Waals surface area contributed by atoms with Gasteiger partial charge in [-0.2, -0.15) is 5.10 Å². The van der Waals surface area contributed by atoms with Crippen LogP contribution in [-0.2, 0) is 13.2 Å². The summed E-state index contributed by atoms with van der Waals surface area (Å²) in [6.45, 7) is 0.366. The van der Waals surface area contributed by atoms with Gasteiger partial charge in [-0.05, 0) is 24.3 Å². The van der Waals surface area contributed by atoms with E-state index in [2.05, 4.69) is 10.3 Å². The van der Waals surface area contributed by atoms with Gasteiger partial charge in [0, 0.05) is 22.3 Å². The monoisotopic (exact) mass is 365 g/mol. The van der Waals surface area contributed by atoms with Crippen molar-refractivity contribution in [2.45, 2.75) is 13.2 Å². The molecule has 0 spiro atoms. The first kappa shape index (κ1) is 16.5. The second-order valence-corrected chi connectivity index (χ2v) is 6.29. The highest BCUT2D eigenvalue weighted by Gasteiger charge is 2.14. The van der Waals surface area contributed by atoms with E-state index in [9.17, 15) is 5.11 Å². The Balaban J connectivity index is 1.77. The minimum atomic E-state index is -0.132. The number of hydrogen-bond donors (Lipinski definition) is 1. The number of hydrogen-bond acceptors (Lipinski definition) is 4. The van der Waals surface area contributed by atoms with Gasteiger partial charge in [-0.3, -0.25) is 0 Å². The molecule has 2 heterocycles. The van der Waals surface area contributed by atoms with Gasteiger partial charge in [-0.15, -0.1) is 5.10 Å². The molecule has 26 heavy (non-hydrogen) atoms. The van der Waals surface area contributed by atoms with Crippen LogP contribution in [0.2, 0.25) is 5.02 Å². The van der Waals surface area contributed by atoms with E-state index in [0.29, 0.717) is 17.3 Å². The third kappa shape index (κ3) is 3.37. The smallest absolute Gasteiger partial charge is 0.108 e. The van der Waals surface area contributed by atoms with Crippen LogP contribution in [0.3, 0.4) is 0 Å². The average Bonchev–Trinajstić information content (AvgIpc) is 3.30. The molecule has 0 unspecified atom stereocenters. The van der Waals surface area contributed by atoms with E-state index < -0.39 is 0 Å². The molecule has 0 amide bonds. The third-order valence-corrected chi connectivity index (χ3v) is 4.26. The van der Waals surface area contributed by atoms with Crippen molar-refractivity contribution in [1.29, 1.82) is 0 Å². The molecule has 0 fully saturated rings. The molecule has 2 aromatic carbocycles. The van der Waals surface area contributed by atoms with E-state index in [1.165, 1.54) is 0 Å². The average molecular weight is 366 g/mol. The molecular weight excluding hydrogens is 350 g/mol. The van der Waals surface area contributed by atoms with Gasteiger partial charge in [0.05, 0.1) is 30.7 Å². The number of halogens is 1. The highest BCUT2D eigenvalue weighted by atomic mass is 35.5. The van der Waals surface area contributed by atoms with Crippen LogP contribution >= 0.6 is 11.6 Å². The van der Waals surface area contributed by atoms with E-state index in [0.717, 1.165) is 22.5 Å². The lowest BCUT2D eigenvalue weighted by Gasteiger charge is -2.02. The predicted octanol–water partition coefficient (Wildman–Crippen LogP) is 3.32. The van der Waals surface area contributed by atoms with E-state index >= 15 is 0 Å². The lowest BCUT2D eigenvalue weighted by molar-refractivity contribution is 0.276. The van der Waals surface area contributed by atoms with Crippen molar-refractivity contribution in [2.75, 3.05) is 0 Å². The molecule has 1 N–H and O–H groups in total. The third-order valence-electron chi connectivity index (χ3n) is 4.01. The topological polar surface area (TPSA) is 68.8 Å². The van der Waals surface area contributed by atoms with Crippen LogP contribution in [-0.4, -0.2) is 29.9 Å². The summed E-state index contributed by atoms with van der Waals surface area (Å²) in [5.74, 6) is 0. The maximum Gasteiger partial charge on any atom is 0.108 e.